The van der Waals surface area contributed by atoms with Crippen LogP contribution >= 0.6 is 11.6 Å². The van der Waals surface area contributed by atoms with Crippen LogP contribution in [0.2, 0.25) is 5.02 Å². The molecule has 0 fully saturated rings. The Bertz CT molecular complexity index is 442. The summed E-state index contributed by atoms with van der Waals surface area (Å²) in [5.41, 5.74) is 2.29. The molecule has 2 rings (SSSR count). The lowest BCUT2D eigenvalue weighted by Gasteiger charge is -1.96. The predicted molar refractivity (Wildman–Crippen MR) is 57.2 cm³/mol. The van der Waals surface area contributed by atoms with Crippen molar-refractivity contribution < 1.29 is 0 Å². The van der Waals surface area contributed by atoms with E-state index in [1.165, 1.54) is 5.56 Å². The van der Waals surface area contributed by atoms with E-state index in [9.17, 15) is 0 Å². The summed E-state index contributed by atoms with van der Waals surface area (Å²) in [5, 5.41) is 1.92. The summed E-state index contributed by atoms with van der Waals surface area (Å²) in [7, 11) is 0. The van der Waals surface area contributed by atoms with E-state index in [-0.39, 0.29) is 0 Å². The van der Waals surface area contributed by atoms with Crippen molar-refractivity contribution in [2.45, 2.75) is 6.42 Å². The summed E-state index contributed by atoms with van der Waals surface area (Å²) < 4.78 is 0. The number of allylic oxidation sites excluding steroid dienone is 1. The second-order valence-corrected chi connectivity index (χ2v) is 3.38. The average molecular weight is 192 g/mol. The second kappa shape index (κ2) is 3.27. The summed E-state index contributed by atoms with van der Waals surface area (Å²) in [5.74, 6) is 0. The Kier molecular flexibility index (Phi) is 2.11. The highest BCUT2D eigenvalue weighted by Gasteiger charge is 2.04. The first-order valence-corrected chi connectivity index (χ1v) is 4.56. The van der Waals surface area contributed by atoms with Gasteiger partial charge >= 0.3 is 0 Å². The van der Waals surface area contributed by atoms with Crippen LogP contribution in [0.3, 0.4) is 0 Å². The Balaban J connectivity index is 2.70. The first-order valence-electron chi connectivity index (χ1n) is 4.18. The third-order valence-corrected chi connectivity index (χ3v) is 2.42. The molecule has 0 aliphatic carbocycles. The summed E-state index contributed by atoms with van der Waals surface area (Å²) in [6, 6.07) is 5.87. The number of rotatable bonds is 2. The van der Waals surface area contributed by atoms with Crippen molar-refractivity contribution in [1.29, 1.82) is 0 Å². The first-order chi connectivity index (χ1) is 6.33. The Morgan fingerprint density at radius 2 is 2.31 bits per heavy atom. The SMILES string of the molecule is C=CCc1c[nH]c2cccc(Cl)c12. The van der Waals surface area contributed by atoms with Crippen molar-refractivity contribution in [3.63, 3.8) is 0 Å². The van der Waals surface area contributed by atoms with Gasteiger partial charge in [-0.2, -0.15) is 0 Å². The van der Waals surface area contributed by atoms with Crippen molar-refractivity contribution in [2.75, 3.05) is 0 Å². The smallest absolute Gasteiger partial charge is 0.0502 e. The molecule has 0 spiro atoms. The van der Waals surface area contributed by atoms with Crippen LogP contribution in [-0.4, -0.2) is 4.98 Å². The van der Waals surface area contributed by atoms with Gasteiger partial charge in [-0.15, -0.1) is 6.58 Å². The van der Waals surface area contributed by atoms with Crippen molar-refractivity contribution >= 4 is 22.5 Å². The van der Waals surface area contributed by atoms with E-state index in [1.54, 1.807) is 0 Å². The molecule has 0 amide bonds. The number of aromatic amines is 1. The van der Waals surface area contributed by atoms with Gasteiger partial charge in [0, 0.05) is 17.1 Å². The maximum absolute atomic E-state index is 6.08. The number of hydrogen-bond acceptors (Lipinski definition) is 0. The van der Waals surface area contributed by atoms with Crippen molar-refractivity contribution in [1.82, 2.24) is 4.98 Å². The lowest BCUT2D eigenvalue weighted by molar-refractivity contribution is 1.29. The number of aromatic nitrogens is 1. The Morgan fingerprint density at radius 1 is 1.46 bits per heavy atom. The highest BCUT2D eigenvalue weighted by atomic mass is 35.5. The van der Waals surface area contributed by atoms with Crippen LogP contribution in [0.5, 0.6) is 0 Å². The topological polar surface area (TPSA) is 15.8 Å². The van der Waals surface area contributed by atoms with Crippen LogP contribution in [-0.2, 0) is 6.42 Å². The highest BCUT2D eigenvalue weighted by Crippen LogP contribution is 2.26. The summed E-state index contributed by atoms with van der Waals surface area (Å²) >= 11 is 6.08. The molecule has 1 aromatic heterocycles. The number of H-pyrrole nitrogens is 1. The van der Waals surface area contributed by atoms with Crippen LogP contribution in [0, 0.1) is 0 Å². The molecule has 2 aromatic rings. The number of nitrogens with one attached hydrogen (secondary N) is 1. The molecule has 1 heterocycles. The lowest BCUT2D eigenvalue weighted by Crippen LogP contribution is -1.77. The molecular weight excluding hydrogens is 182 g/mol. The van der Waals surface area contributed by atoms with Gasteiger partial charge in [0.05, 0.1) is 5.02 Å². The van der Waals surface area contributed by atoms with E-state index in [2.05, 4.69) is 11.6 Å². The van der Waals surface area contributed by atoms with Gasteiger partial charge in [0.2, 0.25) is 0 Å². The van der Waals surface area contributed by atoms with Gasteiger partial charge in [-0.05, 0) is 24.1 Å². The largest absolute Gasteiger partial charge is 0.361 e. The monoisotopic (exact) mass is 191 g/mol. The van der Waals surface area contributed by atoms with Gasteiger partial charge in [0.25, 0.3) is 0 Å². The Labute approximate surface area is 82.0 Å². The second-order valence-electron chi connectivity index (χ2n) is 2.97. The van der Waals surface area contributed by atoms with Gasteiger partial charge in [0.1, 0.15) is 0 Å². The molecule has 2 heteroatoms. The van der Waals surface area contributed by atoms with Crippen molar-refractivity contribution in [2.24, 2.45) is 0 Å². The number of halogens is 1. The van der Waals surface area contributed by atoms with Gasteiger partial charge in [-0.1, -0.05) is 23.7 Å². The molecule has 66 valence electrons. The first kappa shape index (κ1) is 8.39. The predicted octanol–water partition coefficient (Wildman–Crippen LogP) is 3.55. The zero-order valence-corrected chi connectivity index (χ0v) is 7.93. The van der Waals surface area contributed by atoms with E-state index < -0.39 is 0 Å². The summed E-state index contributed by atoms with van der Waals surface area (Å²) in [4.78, 5) is 3.18. The fourth-order valence-electron chi connectivity index (χ4n) is 1.52. The molecular formula is C11H10ClN. The fraction of sp³-hybridized carbons (Fsp3) is 0.0909. The summed E-state index contributed by atoms with van der Waals surface area (Å²) in [6.07, 6.45) is 4.72. The Hall–Kier alpha value is -1.21. The summed E-state index contributed by atoms with van der Waals surface area (Å²) in [6.45, 7) is 3.72. The molecule has 1 nitrogen and oxygen atoms in total. The van der Waals surface area contributed by atoms with Gasteiger partial charge < -0.3 is 4.98 Å². The zero-order chi connectivity index (χ0) is 9.26. The molecule has 0 radical (unpaired) electrons. The lowest BCUT2D eigenvalue weighted by atomic mass is 10.1. The van der Waals surface area contributed by atoms with E-state index in [0.717, 1.165) is 22.3 Å². The molecule has 1 N–H and O–H groups in total. The van der Waals surface area contributed by atoms with Gasteiger partial charge in [-0.25, -0.2) is 0 Å². The highest BCUT2D eigenvalue weighted by molar-refractivity contribution is 6.35. The maximum atomic E-state index is 6.08. The third-order valence-electron chi connectivity index (χ3n) is 2.10. The van der Waals surface area contributed by atoms with Gasteiger partial charge in [-0.3, -0.25) is 0 Å². The third kappa shape index (κ3) is 1.36. The standard InChI is InChI=1S/C11H10ClN/c1-2-4-8-7-13-10-6-3-5-9(12)11(8)10/h2-3,5-7,13H,1,4H2. The molecule has 13 heavy (non-hydrogen) atoms. The van der Waals surface area contributed by atoms with Gasteiger partial charge in [0.15, 0.2) is 0 Å². The van der Waals surface area contributed by atoms with Crippen molar-refractivity contribution in [3.05, 3.63) is 47.6 Å². The minimum atomic E-state index is 0.801. The van der Waals surface area contributed by atoms with E-state index in [4.69, 9.17) is 11.6 Å². The average Bonchev–Trinajstić information content (AvgIpc) is 2.51. The van der Waals surface area contributed by atoms with Crippen LogP contribution in [0.15, 0.2) is 37.1 Å². The number of benzene rings is 1. The molecule has 0 aliphatic rings. The molecule has 0 bridgehead atoms. The number of hydrogen-bond donors (Lipinski definition) is 1. The normalized spacial score (nSPS) is 10.5. The fourth-order valence-corrected chi connectivity index (χ4v) is 1.82. The maximum Gasteiger partial charge on any atom is 0.0502 e. The molecule has 0 aliphatic heterocycles. The molecule has 1 aromatic carbocycles. The molecule has 0 atom stereocenters. The molecule has 0 saturated heterocycles. The minimum absolute atomic E-state index is 0.801. The molecule has 0 unspecified atom stereocenters. The van der Waals surface area contributed by atoms with E-state index >= 15 is 0 Å². The van der Waals surface area contributed by atoms with E-state index in [1.807, 2.05) is 30.5 Å². The van der Waals surface area contributed by atoms with Crippen LogP contribution in [0.4, 0.5) is 0 Å². The van der Waals surface area contributed by atoms with Crippen LogP contribution < -0.4 is 0 Å². The van der Waals surface area contributed by atoms with Crippen molar-refractivity contribution in [3.8, 4) is 0 Å². The minimum Gasteiger partial charge on any atom is -0.361 e. The zero-order valence-electron chi connectivity index (χ0n) is 7.18. The molecule has 0 saturated carbocycles. The van der Waals surface area contributed by atoms with E-state index in [0.29, 0.717) is 0 Å². The number of fused-ring (bicyclic) bond motifs is 1. The quantitative estimate of drug-likeness (QED) is 0.699. The Morgan fingerprint density at radius 3 is 3.08 bits per heavy atom. The van der Waals surface area contributed by atoms with Crippen LogP contribution in [0.25, 0.3) is 10.9 Å². The van der Waals surface area contributed by atoms with Crippen LogP contribution in [0.1, 0.15) is 5.56 Å².